The molecule has 0 bridgehead atoms. The second-order valence-electron chi connectivity index (χ2n) is 5.27. The van der Waals surface area contributed by atoms with E-state index in [-0.39, 0.29) is 34.9 Å². The summed E-state index contributed by atoms with van der Waals surface area (Å²) in [5, 5.41) is 12.1. The number of para-hydroxylation sites is 1. The van der Waals surface area contributed by atoms with Gasteiger partial charge in [0.1, 0.15) is 19.0 Å². The summed E-state index contributed by atoms with van der Waals surface area (Å²) < 4.78 is 48.1. The summed E-state index contributed by atoms with van der Waals surface area (Å²) >= 11 is 0. The Morgan fingerprint density at radius 1 is 1.40 bits per heavy atom. The van der Waals surface area contributed by atoms with E-state index >= 15 is 0 Å². The van der Waals surface area contributed by atoms with Crippen molar-refractivity contribution >= 4 is 11.9 Å². The molecule has 2 aliphatic rings. The van der Waals surface area contributed by atoms with Crippen LogP contribution in [0.2, 0.25) is 0 Å². The summed E-state index contributed by atoms with van der Waals surface area (Å²) in [5.41, 5.74) is -0.551. The zero-order valence-corrected chi connectivity index (χ0v) is 12.6. The molecule has 2 N–H and O–H groups in total. The smallest absolute Gasteiger partial charge is 0.387 e. The molecule has 0 fully saturated rings. The van der Waals surface area contributed by atoms with Crippen molar-refractivity contribution in [2.24, 2.45) is 0 Å². The molecule has 6 nitrogen and oxygen atoms in total. The van der Waals surface area contributed by atoms with Gasteiger partial charge in [-0.2, -0.15) is 8.78 Å². The molecular formula is C16H12F3NO5. The third-order valence-corrected chi connectivity index (χ3v) is 3.91. The molecule has 0 amide bonds. The van der Waals surface area contributed by atoms with Crippen LogP contribution in [0, 0.1) is 0 Å². The fraction of sp³-hybridized carbons (Fsp3) is 0.250. The molecule has 1 aromatic carbocycles. The number of alkyl halides is 3. The van der Waals surface area contributed by atoms with Crippen molar-refractivity contribution in [1.29, 1.82) is 0 Å². The van der Waals surface area contributed by atoms with Crippen LogP contribution in [0.25, 0.3) is 0 Å². The first-order chi connectivity index (χ1) is 11.9. The van der Waals surface area contributed by atoms with Gasteiger partial charge in [-0.15, -0.1) is 0 Å². The SMILES string of the molecule is O=C(O)C1=C(CF)NC2=C(C(=O)OC2)[C@@H]1c1ccccc1OC(F)F. The molecule has 0 radical (unpaired) electrons. The highest BCUT2D eigenvalue weighted by atomic mass is 19.3. The molecule has 0 spiro atoms. The van der Waals surface area contributed by atoms with Crippen molar-refractivity contribution in [3.8, 4) is 5.75 Å². The number of halogens is 3. The van der Waals surface area contributed by atoms with E-state index in [4.69, 9.17) is 4.74 Å². The number of hydrogen-bond acceptors (Lipinski definition) is 5. The summed E-state index contributed by atoms with van der Waals surface area (Å²) in [4.78, 5) is 23.8. The standard InChI is InChI=1S/C16H12F3NO5/c17-5-8-12(14(21)22)11(13-9(20-8)6-24-15(13)23)7-3-1-2-4-10(7)25-16(18)19/h1-4,11,16,20H,5-6H2,(H,21,22)/t11-/m1/s1. The first-order valence-corrected chi connectivity index (χ1v) is 7.17. The van der Waals surface area contributed by atoms with Gasteiger partial charge in [0, 0.05) is 5.56 Å². The van der Waals surface area contributed by atoms with Gasteiger partial charge in [0.2, 0.25) is 0 Å². The summed E-state index contributed by atoms with van der Waals surface area (Å²) in [6.07, 6.45) is 0. The molecule has 9 heteroatoms. The Morgan fingerprint density at radius 3 is 2.76 bits per heavy atom. The van der Waals surface area contributed by atoms with Crippen molar-refractivity contribution in [2.45, 2.75) is 12.5 Å². The van der Waals surface area contributed by atoms with Crippen LogP contribution < -0.4 is 10.1 Å². The van der Waals surface area contributed by atoms with Gasteiger partial charge in [0.25, 0.3) is 0 Å². The fourth-order valence-corrected chi connectivity index (χ4v) is 2.97. The Bertz CT molecular complexity index is 803. The van der Waals surface area contributed by atoms with Gasteiger partial charge in [0.05, 0.1) is 28.5 Å². The largest absolute Gasteiger partial charge is 0.478 e. The lowest BCUT2D eigenvalue weighted by Crippen LogP contribution is -2.31. The zero-order chi connectivity index (χ0) is 18.1. The molecule has 0 unspecified atom stereocenters. The molecule has 0 saturated heterocycles. The highest BCUT2D eigenvalue weighted by Crippen LogP contribution is 2.44. The Morgan fingerprint density at radius 2 is 2.12 bits per heavy atom. The van der Waals surface area contributed by atoms with Crippen LogP contribution in [0.3, 0.4) is 0 Å². The maximum Gasteiger partial charge on any atom is 0.387 e. The number of cyclic esters (lactones) is 1. The molecule has 0 aliphatic carbocycles. The molecular weight excluding hydrogens is 343 g/mol. The molecule has 0 saturated carbocycles. The number of nitrogens with one attached hydrogen (secondary N) is 1. The fourth-order valence-electron chi connectivity index (χ4n) is 2.97. The number of allylic oxidation sites excluding steroid dienone is 1. The molecule has 1 atom stereocenters. The van der Waals surface area contributed by atoms with Gasteiger partial charge in [-0.3, -0.25) is 0 Å². The number of benzene rings is 1. The van der Waals surface area contributed by atoms with Crippen molar-refractivity contribution in [3.05, 3.63) is 52.4 Å². The number of carboxylic acids is 1. The van der Waals surface area contributed by atoms with Gasteiger partial charge in [-0.25, -0.2) is 14.0 Å². The molecule has 1 aromatic rings. The number of dihydropyridines is 1. The van der Waals surface area contributed by atoms with E-state index in [1.165, 1.54) is 24.3 Å². The molecule has 2 heterocycles. The van der Waals surface area contributed by atoms with Crippen LogP contribution >= 0.6 is 0 Å². The lowest BCUT2D eigenvalue weighted by Gasteiger charge is -2.28. The van der Waals surface area contributed by atoms with E-state index in [2.05, 4.69) is 10.1 Å². The van der Waals surface area contributed by atoms with Crippen LogP contribution in [0.15, 0.2) is 46.8 Å². The number of carbonyl (C=O) groups excluding carboxylic acids is 1. The van der Waals surface area contributed by atoms with Crippen LogP contribution in [-0.2, 0) is 14.3 Å². The third kappa shape index (κ3) is 2.92. The lowest BCUT2D eigenvalue weighted by atomic mass is 9.80. The number of ether oxygens (including phenoxy) is 2. The van der Waals surface area contributed by atoms with Crippen LogP contribution in [0.4, 0.5) is 13.2 Å². The predicted octanol–water partition coefficient (Wildman–Crippen LogP) is 2.09. The van der Waals surface area contributed by atoms with E-state index in [0.29, 0.717) is 0 Å². The Hall–Kier alpha value is -2.97. The minimum Gasteiger partial charge on any atom is -0.478 e. The molecule has 3 rings (SSSR count). The van der Waals surface area contributed by atoms with Gasteiger partial charge in [0.15, 0.2) is 0 Å². The summed E-state index contributed by atoms with van der Waals surface area (Å²) in [5.74, 6) is -3.86. The Balaban J connectivity index is 2.21. The van der Waals surface area contributed by atoms with Crippen LogP contribution in [0.1, 0.15) is 11.5 Å². The van der Waals surface area contributed by atoms with Gasteiger partial charge >= 0.3 is 18.6 Å². The minimum atomic E-state index is -3.15. The average molecular weight is 355 g/mol. The number of carboxylic acid groups (broad SMARTS) is 1. The molecule has 2 aliphatic heterocycles. The lowest BCUT2D eigenvalue weighted by molar-refractivity contribution is -0.136. The molecule has 25 heavy (non-hydrogen) atoms. The number of rotatable bonds is 5. The van der Waals surface area contributed by atoms with Crippen LogP contribution in [-0.4, -0.2) is 36.9 Å². The van der Waals surface area contributed by atoms with E-state index in [1.807, 2.05) is 0 Å². The molecule has 132 valence electrons. The first kappa shape index (κ1) is 16.9. The van der Waals surface area contributed by atoms with Crippen molar-refractivity contribution in [1.82, 2.24) is 5.32 Å². The molecule has 0 aromatic heterocycles. The topological polar surface area (TPSA) is 84.9 Å². The average Bonchev–Trinajstić information content (AvgIpc) is 2.94. The highest BCUT2D eigenvalue weighted by Gasteiger charge is 2.43. The number of aliphatic carboxylic acids is 1. The maximum atomic E-state index is 13.4. The normalized spacial score (nSPS) is 19.7. The van der Waals surface area contributed by atoms with Gasteiger partial charge < -0.3 is 19.9 Å². The maximum absolute atomic E-state index is 13.4. The number of carbonyl (C=O) groups is 2. The van der Waals surface area contributed by atoms with Crippen molar-refractivity contribution < 1.29 is 37.3 Å². The van der Waals surface area contributed by atoms with Gasteiger partial charge in [-0.05, 0) is 6.07 Å². The van der Waals surface area contributed by atoms with Gasteiger partial charge in [-0.1, -0.05) is 18.2 Å². The first-order valence-electron chi connectivity index (χ1n) is 7.17. The van der Waals surface area contributed by atoms with E-state index in [1.54, 1.807) is 0 Å². The summed E-state index contributed by atoms with van der Waals surface area (Å²) in [6.45, 7) is -4.47. The minimum absolute atomic E-state index is 0.0130. The Kier molecular flexibility index (Phi) is 4.39. The Labute approximate surface area is 139 Å². The van der Waals surface area contributed by atoms with Crippen LogP contribution in [0.5, 0.6) is 5.75 Å². The predicted molar refractivity (Wildman–Crippen MR) is 77.6 cm³/mol. The highest BCUT2D eigenvalue weighted by molar-refractivity contribution is 6.00. The second-order valence-corrected chi connectivity index (χ2v) is 5.27. The van der Waals surface area contributed by atoms with E-state index < -0.39 is 36.7 Å². The second kappa shape index (κ2) is 6.50. The monoisotopic (exact) mass is 355 g/mol. The quantitative estimate of drug-likeness (QED) is 0.787. The summed E-state index contributed by atoms with van der Waals surface area (Å²) in [7, 11) is 0. The van der Waals surface area contributed by atoms with E-state index in [0.717, 1.165) is 0 Å². The summed E-state index contributed by atoms with van der Waals surface area (Å²) in [6, 6.07) is 5.47. The number of hydrogen-bond donors (Lipinski definition) is 2. The zero-order valence-electron chi connectivity index (χ0n) is 12.6. The van der Waals surface area contributed by atoms with Crippen molar-refractivity contribution in [2.75, 3.05) is 13.3 Å². The number of esters is 1. The third-order valence-electron chi connectivity index (χ3n) is 3.91. The van der Waals surface area contributed by atoms with Crippen molar-refractivity contribution in [3.63, 3.8) is 0 Å². The van der Waals surface area contributed by atoms with E-state index in [9.17, 15) is 27.9 Å².